The lowest BCUT2D eigenvalue weighted by molar-refractivity contribution is -0.174. The van der Waals surface area contributed by atoms with E-state index in [9.17, 15) is 14.7 Å². The van der Waals surface area contributed by atoms with E-state index in [1.807, 2.05) is 0 Å². The summed E-state index contributed by atoms with van der Waals surface area (Å²) in [7, 11) is 0. The molecule has 0 radical (unpaired) electrons. The molecule has 3 rings (SSSR count). The summed E-state index contributed by atoms with van der Waals surface area (Å²) in [6.45, 7) is -0.381. The summed E-state index contributed by atoms with van der Waals surface area (Å²) in [4.78, 5) is 33.4. The molecule has 0 saturated carbocycles. The van der Waals surface area contributed by atoms with Crippen LogP contribution < -0.4 is 11.3 Å². The van der Waals surface area contributed by atoms with E-state index in [-0.39, 0.29) is 23.7 Å². The minimum absolute atomic E-state index is 0.0260. The number of aromatic nitrogens is 4. The molecule has 2 aromatic heterocycles. The largest absolute Gasteiger partial charge is 0.477 e. The first-order chi connectivity index (χ1) is 9.98. The molecule has 0 saturated heterocycles. The van der Waals surface area contributed by atoms with Crippen molar-refractivity contribution in [1.82, 2.24) is 19.5 Å². The Kier molecular flexibility index (Phi) is 2.78. The molecule has 110 valence electrons. The van der Waals surface area contributed by atoms with Crippen molar-refractivity contribution in [3.05, 3.63) is 28.8 Å². The molecule has 0 unspecified atom stereocenters. The van der Waals surface area contributed by atoms with Gasteiger partial charge in [0, 0.05) is 0 Å². The molecule has 0 aromatic carbocycles. The summed E-state index contributed by atoms with van der Waals surface area (Å²) in [5, 5.41) is 18.6. The lowest BCUT2D eigenvalue weighted by atomic mass is 10.2. The summed E-state index contributed by atoms with van der Waals surface area (Å²) in [5.41, 5.74) is 2.86. The lowest BCUT2D eigenvalue weighted by Crippen LogP contribution is -2.42. The molecular formula is C11H11N5O5. The van der Waals surface area contributed by atoms with Crippen LogP contribution in [0.25, 0.3) is 11.2 Å². The number of carboxylic acids is 1. The fourth-order valence-electron chi connectivity index (χ4n) is 2.18. The van der Waals surface area contributed by atoms with Crippen LogP contribution in [0.3, 0.4) is 0 Å². The zero-order chi connectivity index (χ0) is 15.2. The topological polar surface area (TPSA) is 156 Å². The molecule has 0 fully saturated rings. The number of nitrogens with two attached hydrogens (primary N) is 1. The van der Waals surface area contributed by atoms with Gasteiger partial charge in [0.05, 0.1) is 6.61 Å². The van der Waals surface area contributed by atoms with Gasteiger partial charge < -0.3 is 20.7 Å². The highest BCUT2D eigenvalue weighted by atomic mass is 16.6. The first-order valence-electron chi connectivity index (χ1n) is 5.92. The fourth-order valence-corrected chi connectivity index (χ4v) is 2.18. The van der Waals surface area contributed by atoms with Crippen LogP contribution in [0.5, 0.6) is 0 Å². The average Bonchev–Trinajstić information content (AvgIpc) is 3.02. The Bertz CT molecular complexity index is 809. The third kappa shape index (κ3) is 1.80. The van der Waals surface area contributed by atoms with Gasteiger partial charge in [0.1, 0.15) is 12.4 Å². The minimum atomic E-state index is -1.94. The molecule has 5 N–H and O–H groups in total. The van der Waals surface area contributed by atoms with Crippen molar-refractivity contribution in [2.24, 2.45) is 0 Å². The Morgan fingerprint density at radius 1 is 1.62 bits per heavy atom. The molecule has 3 heterocycles. The molecule has 0 spiro atoms. The predicted molar refractivity (Wildman–Crippen MR) is 69.3 cm³/mol. The van der Waals surface area contributed by atoms with Crippen molar-refractivity contribution in [3.8, 4) is 0 Å². The maximum absolute atomic E-state index is 11.7. The van der Waals surface area contributed by atoms with Gasteiger partial charge in [-0.15, -0.1) is 0 Å². The number of aromatic amines is 1. The van der Waals surface area contributed by atoms with Crippen LogP contribution in [0.15, 0.2) is 23.3 Å². The maximum atomic E-state index is 11.7. The molecule has 0 aliphatic carbocycles. The summed E-state index contributed by atoms with van der Waals surface area (Å²) in [6, 6.07) is 0. The minimum Gasteiger partial charge on any atom is -0.477 e. The maximum Gasteiger partial charge on any atom is 0.362 e. The average molecular weight is 293 g/mol. The number of carbonyl (C=O) groups is 1. The molecule has 21 heavy (non-hydrogen) atoms. The summed E-state index contributed by atoms with van der Waals surface area (Å²) >= 11 is 0. The van der Waals surface area contributed by atoms with E-state index in [0.29, 0.717) is 0 Å². The van der Waals surface area contributed by atoms with Gasteiger partial charge in [-0.3, -0.25) is 14.3 Å². The molecule has 1 aliphatic heterocycles. The van der Waals surface area contributed by atoms with Crippen LogP contribution >= 0.6 is 0 Å². The number of H-pyrrole nitrogens is 1. The molecule has 10 nitrogen and oxygen atoms in total. The Balaban J connectivity index is 2.25. The van der Waals surface area contributed by atoms with E-state index in [1.165, 1.54) is 12.2 Å². The van der Waals surface area contributed by atoms with Gasteiger partial charge in [-0.1, -0.05) is 6.08 Å². The van der Waals surface area contributed by atoms with Crippen molar-refractivity contribution in [2.45, 2.75) is 11.8 Å². The van der Waals surface area contributed by atoms with Crippen molar-refractivity contribution in [2.75, 3.05) is 12.3 Å². The zero-order valence-electron chi connectivity index (χ0n) is 10.6. The number of hydrogen-bond donors (Lipinski definition) is 4. The van der Waals surface area contributed by atoms with Crippen LogP contribution in [0, 0.1) is 0 Å². The Labute approximate surface area is 116 Å². The Morgan fingerprint density at radius 2 is 2.38 bits per heavy atom. The summed E-state index contributed by atoms with van der Waals surface area (Å²) in [6.07, 6.45) is 3.02. The number of hydrogen-bond acceptors (Lipinski definition) is 7. The van der Waals surface area contributed by atoms with Gasteiger partial charge in [0.15, 0.2) is 11.2 Å². The highest BCUT2D eigenvalue weighted by Crippen LogP contribution is 2.31. The van der Waals surface area contributed by atoms with Gasteiger partial charge in [-0.05, 0) is 6.08 Å². The van der Waals surface area contributed by atoms with Crippen molar-refractivity contribution in [1.29, 1.82) is 0 Å². The van der Waals surface area contributed by atoms with Crippen molar-refractivity contribution >= 4 is 23.1 Å². The second-order valence-corrected chi connectivity index (χ2v) is 4.44. The molecule has 2 atom stereocenters. The molecule has 2 aromatic rings. The normalized spacial score (nSPS) is 24.7. The van der Waals surface area contributed by atoms with Gasteiger partial charge in [0.2, 0.25) is 5.95 Å². The van der Waals surface area contributed by atoms with Gasteiger partial charge in [-0.2, -0.15) is 4.98 Å². The van der Waals surface area contributed by atoms with E-state index in [2.05, 4.69) is 15.0 Å². The molecule has 1 aliphatic rings. The molecule has 10 heteroatoms. The van der Waals surface area contributed by atoms with Crippen LogP contribution in [0.2, 0.25) is 0 Å². The molecule has 0 bridgehead atoms. The number of ether oxygens (including phenoxy) is 1. The van der Waals surface area contributed by atoms with Crippen LogP contribution in [0.4, 0.5) is 5.95 Å². The van der Waals surface area contributed by atoms with Crippen LogP contribution in [-0.2, 0) is 15.3 Å². The van der Waals surface area contributed by atoms with E-state index in [0.717, 1.165) is 10.9 Å². The number of anilines is 1. The van der Waals surface area contributed by atoms with E-state index >= 15 is 0 Å². The molecular weight excluding hydrogens is 282 g/mol. The number of aliphatic hydroxyl groups is 1. The molecule has 0 amide bonds. The summed E-state index contributed by atoms with van der Waals surface area (Å²) in [5.74, 6) is -1.51. The number of aliphatic carboxylic acids is 1. The SMILES string of the molecule is Nc1nc2c(ncn2[C@@]2(C(=O)O)C=C[C@@H](CO)O2)c(=O)[nH]1. The number of rotatable bonds is 3. The highest BCUT2D eigenvalue weighted by Gasteiger charge is 2.46. The summed E-state index contributed by atoms with van der Waals surface area (Å²) < 4.78 is 6.45. The predicted octanol–water partition coefficient (Wildman–Crippen LogP) is -1.61. The number of nitrogens with one attached hydrogen (secondary N) is 1. The number of aliphatic hydroxyl groups excluding tert-OH is 1. The van der Waals surface area contributed by atoms with Crippen molar-refractivity contribution in [3.63, 3.8) is 0 Å². The van der Waals surface area contributed by atoms with E-state index in [1.54, 1.807) is 0 Å². The Hall–Kier alpha value is -2.72. The lowest BCUT2D eigenvalue weighted by Gasteiger charge is -2.25. The van der Waals surface area contributed by atoms with E-state index in [4.69, 9.17) is 15.6 Å². The third-order valence-electron chi connectivity index (χ3n) is 3.14. The van der Waals surface area contributed by atoms with Crippen molar-refractivity contribution < 1.29 is 19.7 Å². The first-order valence-corrected chi connectivity index (χ1v) is 5.92. The number of fused-ring (bicyclic) bond motifs is 1. The fraction of sp³-hybridized carbons (Fsp3) is 0.273. The number of nitrogens with zero attached hydrogens (tertiary/aromatic N) is 3. The van der Waals surface area contributed by atoms with Gasteiger partial charge >= 0.3 is 5.97 Å². The second kappa shape index (κ2) is 4.40. The highest BCUT2D eigenvalue weighted by molar-refractivity contribution is 5.82. The third-order valence-corrected chi connectivity index (χ3v) is 3.14. The standard InChI is InChI=1S/C11H11N5O5/c12-10-14-7-6(8(18)15-10)13-4-16(7)11(9(19)20)2-1-5(3-17)21-11/h1-2,4-5,17H,3H2,(H,19,20)(H3,12,14,15,18)/t5-,11-/m0/s1. The monoisotopic (exact) mass is 293 g/mol. The number of nitrogen functional groups attached to an aromatic ring is 1. The quantitative estimate of drug-likeness (QED) is 0.492. The van der Waals surface area contributed by atoms with Gasteiger partial charge in [0.25, 0.3) is 11.3 Å². The van der Waals surface area contributed by atoms with E-state index < -0.39 is 23.4 Å². The van der Waals surface area contributed by atoms with Gasteiger partial charge in [-0.25, -0.2) is 9.78 Å². The van der Waals surface area contributed by atoms with Crippen LogP contribution in [-0.4, -0.2) is 48.4 Å². The first kappa shape index (κ1) is 13.3. The smallest absolute Gasteiger partial charge is 0.362 e. The van der Waals surface area contributed by atoms with Crippen LogP contribution in [0.1, 0.15) is 0 Å². The second-order valence-electron chi connectivity index (χ2n) is 4.44. The number of imidazole rings is 1. The zero-order valence-corrected chi connectivity index (χ0v) is 10.6. The Morgan fingerprint density at radius 3 is 3.00 bits per heavy atom. The number of carboxylic acid groups (broad SMARTS) is 1.